The van der Waals surface area contributed by atoms with Crippen LogP contribution >= 0.6 is 15.9 Å². The summed E-state index contributed by atoms with van der Waals surface area (Å²) in [6.07, 6.45) is 0. The highest BCUT2D eigenvalue weighted by molar-refractivity contribution is 9.10. The maximum Gasteiger partial charge on any atom is 0.231 e. The summed E-state index contributed by atoms with van der Waals surface area (Å²) in [5.74, 6) is -0.00694. The Kier molecular flexibility index (Phi) is 3.05. The average Bonchev–Trinajstić information content (AvgIpc) is 1.64. The van der Waals surface area contributed by atoms with E-state index in [1.807, 2.05) is 13.8 Å². The largest absolute Gasteiger partial charge is 0.369 e. The summed E-state index contributed by atoms with van der Waals surface area (Å²) in [6.45, 7) is 3.87. The van der Waals surface area contributed by atoms with Crippen LogP contribution in [-0.2, 0) is 4.79 Å². The van der Waals surface area contributed by atoms with Crippen LogP contribution in [0.25, 0.3) is 0 Å². The molecule has 0 unspecified atom stereocenters. The van der Waals surface area contributed by atoms with Crippen molar-refractivity contribution in [2.24, 2.45) is 11.7 Å². The van der Waals surface area contributed by atoms with Crippen molar-refractivity contribution >= 4 is 21.8 Å². The molecule has 0 aliphatic heterocycles. The van der Waals surface area contributed by atoms with Gasteiger partial charge in [0.25, 0.3) is 0 Å². The first kappa shape index (κ1) is 7.95. The lowest BCUT2D eigenvalue weighted by atomic mass is 10.1. The monoisotopic (exact) mass is 179 g/mol. The highest BCUT2D eigenvalue weighted by Crippen LogP contribution is 2.09. The molecule has 3 heteroatoms. The van der Waals surface area contributed by atoms with Gasteiger partial charge in [-0.3, -0.25) is 4.79 Å². The molecule has 0 aromatic carbocycles. The molecule has 1 atom stereocenters. The average molecular weight is 180 g/mol. The van der Waals surface area contributed by atoms with E-state index in [2.05, 4.69) is 15.9 Å². The minimum Gasteiger partial charge on any atom is -0.369 e. The zero-order valence-electron chi connectivity index (χ0n) is 5.02. The van der Waals surface area contributed by atoms with Crippen LogP contribution in [0.5, 0.6) is 0 Å². The van der Waals surface area contributed by atoms with Crippen LogP contribution in [0.3, 0.4) is 0 Å². The SMILES string of the molecule is CC(C)[C@H](Br)C(N)=O. The lowest BCUT2D eigenvalue weighted by molar-refractivity contribution is -0.118. The Morgan fingerprint density at radius 1 is 1.62 bits per heavy atom. The number of amides is 1. The minimum absolute atomic E-state index is 0.178. The Morgan fingerprint density at radius 3 is 2.00 bits per heavy atom. The Morgan fingerprint density at radius 2 is 2.00 bits per heavy atom. The van der Waals surface area contributed by atoms with Crippen LogP contribution in [0.4, 0.5) is 0 Å². The highest BCUT2D eigenvalue weighted by Gasteiger charge is 2.13. The van der Waals surface area contributed by atoms with E-state index < -0.39 is 0 Å². The van der Waals surface area contributed by atoms with Crippen LogP contribution < -0.4 is 5.73 Å². The number of primary amides is 1. The highest BCUT2D eigenvalue weighted by atomic mass is 79.9. The molecule has 0 rings (SSSR count). The number of alkyl halides is 1. The molecule has 8 heavy (non-hydrogen) atoms. The third kappa shape index (κ3) is 2.31. The zero-order valence-corrected chi connectivity index (χ0v) is 6.60. The summed E-state index contributed by atoms with van der Waals surface area (Å²) in [4.78, 5) is 10.1. The van der Waals surface area contributed by atoms with Crippen LogP contribution in [0, 0.1) is 5.92 Å². The fraction of sp³-hybridized carbons (Fsp3) is 0.800. The van der Waals surface area contributed by atoms with Crippen LogP contribution in [0.2, 0.25) is 0 Å². The lowest BCUT2D eigenvalue weighted by Gasteiger charge is -2.06. The van der Waals surface area contributed by atoms with Gasteiger partial charge in [-0.15, -0.1) is 0 Å². The second-order valence-electron chi connectivity index (χ2n) is 2.05. The molecule has 2 N–H and O–H groups in total. The molecule has 0 saturated heterocycles. The number of hydrogen-bond donors (Lipinski definition) is 1. The van der Waals surface area contributed by atoms with Gasteiger partial charge in [0.2, 0.25) is 5.91 Å². The number of halogens is 1. The van der Waals surface area contributed by atoms with Gasteiger partial charge in [-0.2, -0.15) is 0 Å². The molecule has 2 nitrogen and oxygen atoms in total. The van der Waals surface area contributed by atoms with E-state index in [9.17, 15) is 4.79 Å². The first-order valence-corrected chi connectivity index (χ1v) is 3.40. The fourth-order valence-corrected chi connectivity index (χ4v) is 0.329. The molecule has 0 bridgehead atoms. The number of hydrogen-bond acceptors (Lipinski definition) is 1. The van der Waals surface area contributed by atoms with E-state index in [0.29, 0.717) is 0 Å². The minimum atomic E-state index is -0.292. The van der Waals surface area contributed by atoms with Gasteiger partial charge in [0, 0.05) is 0 Å². The predicted octanol–water partition coefficient (Wildman–Crippen LogP) is 0.891. The van der Waals surface area contributed by atoms with E-state index in [-0.39, 0.29) is 16.7 Å². The van der Waals surface area contributed by atoms with Gasteiger partial charge < -0.3 is 5.73 Å². The van der Waals surface area contributed by atoms with Crippen LogP contribution in [0.1, 0.15) is 13.8 Å². The lowest BCUT2D eigenvalue weighted by Crippen LogP contribution is -2.27. The second kappa shape index (κ2) is 3.07. The molecule has 0 aromatic rings. The smallest absolute Gasteiger partial charge is 0.231 e. The van der Waals surface area contributed by atoms with Crippen molar-refractivity contribution in [1.29, 1.82) is 0 Å². The van der Waals surface area contributed by atoms with E-state index in [1.54, 1.807) is 0 Å². The number of rotatable bonds is 2. The molecule has 0 aliphatic carbocycles. The summed E-state index contributed by atoms with van der Waals surface area (Å²) >= 11 is 3.13. The third-order valence-corrected chi connectivity index (χ3v) is 2.37. The van der Waals surface area contributed by atoms with Crippen molar-refractivity contribution in [2.75, 3.05) is 0 Å². The first-order chi connectivity index (χ1) is 3.55. The topological polar surface area (TPSA) is 43.1 Å². The van der Waals surface area contributed by atoms with E-state index in [0.717, 1.165) is 0 Å². The van der Waals surface area contributed by atoms with Gasteiger partial charge >= 0.3 is 0 Å². The normalized spacial score (nSPS) is 14.0. The molecular weight excluding hydrogens is 170 g/mol. The molecule has 0 radical (unpaired) electrons. The third-order valence-electron chi connectivity index (χ3n) is 0.857. The summed E-state index contributed by atoms with van der Waals surface area (Å²) in [7, 11) is 0. The quantitative estimate of drug-likeness (QED) is 0.630. The Labute approximate surface area is 57.6 Å². The molecule has 0 heterocycles. The summed E-state index contributed by atoms with van der Waals surface area (Å²) in [5, 5.41) is 0. The second-order valence-corrected chi connectivity index (χ2v) is 3.03. The van der Waals surface area contributed by atoms with Crippen molar-refractivity contribution in [3.05, 3.63) is 0 Å². The van der Waals surface area contributed by atoms with Crippen LogP contribution in [-0.4, -0.2) is 10.7 Å². The van der Waals surface area contributed by atoms with Gasteiger partial charge in [0.15, 0.2) is 0 Å². The maximum atomic E-state index is 10.3. The van der Waals surface area contributed by atoms with Crippen molar-refractivity contribution in [3.8, 4) is 0 Å². The van der Waals surface area contributed by atoms with Gasteiger partial charge in [0.05, 0.1) is 4.83 Å². The number of carbonyl (C=O) groups excluding carboxylic acids is 1. The van der Waals surface area contributed by atoms with E-state index in [4.69, 9.17) is 5.73 Å². The van der Waals surface area contributed by atoms with Gasteiger partial charge in [-0.25, -0.2) is 0 Å². The fourth-order valence-electron chi connectivity index (χ4n) is 0.329. The molecule has 0 aliphatic rings. The van der Waals surface area contributed by atoms with Gasteiger partial charge in [-0.05, 0) is 5.92 Å². The van der Waals surface area contributed by atoms with Crippen LogP contribution in [0.15, 0.2) is 0 Å². The molecule has 0 spiro atoms. The van der Waals surface area contributed by atoms with Crippen molar-refractivity contribution < 1.29 is 4.79 Å². The van der Waals surface area contributed by atoms with Gasteiger partial charge in [0.1, 0.15) is 0 Å². The standard InChI is InChI=1S/C5H10BrNO/c1-3(2)4(6)5(7)8/h3-4H,1-2H3,(H2,7,8)/t4-/m0/s1. The Balaban J connectivity index is 3.64. The molecule has 48 valence electrons. The molecule has 1 amide bonds. The number of carbonyl (C=O) groups is 1. The molecule has 0 fully saturated rings. The Hall–Kier alpha value is -0.0500. The van der Waals surface area contributed by atoms with Crippen molar-refractivity contribution in [3.63, 3.8) is 0 Å². The van der Waals surface area contributed by atoms with Crippen molar-refractivity contribution in [1.82, 2.24) is 0 Å². The Bertz CT molecular complexity index is 92.4. The molecule has 0 aromatic heterocycles. The van der Waals surface area contributed by atoms with Crippen molar-refractivity contribution in [2.45, 2.75) is 18.7 Å². The molecular formula is C5H10BrNO. The summed E-state index contributed by atoms with van der Waals surface area (Å²) in [5.41, 5.74) is 4.95. The summed E-state index contributed by atoms with van der Waals surface area (Å²) < 4.78 is 0. The predicted molar refractivity (Wildman–Crippen MR) is 36.7 cm³/mol. The number of nitrogens with two attached hydrogens (primary N) is 1. The zero-order chi connectivity index (χ0) is 6.73. The first-order valence-electron chi connectivity index (χ1n) is 2.49. The van der Waals surface area contributed by atoms with E-state index in [1.165, 1.54) is 0 Å². The van der Waals surface area contributed by atoms with Gasteiger partial charge in [-0.1, -0.05) is 29.8 Å². The van der Waals surface area contributed by atoms with E-state index >= 15 is 0 Å². The molecule has 0 saturated carbocycles. The summed E-state index contributed by atoms with van der Waals surface area (Å²) in [6, 6.07) is 0. The maximum absolute atomic E-state index is 10.3.